The highest BCUT2D eigenvalue weighted by atomic mass is 16.3. The Hall–Kier alpha value is -0.860. The Bertz CT molecular complexity index is 256. The van der Waals surface area contributed by atoms with Crippen LogP contribution in [0.15, 0.2) is 30.3 Å². The Balaban J connectivity index is 2.61. The zero-order chi connectivity index (χ0) is 11.1. The van der Waals surface area contributed by atoms with Crippen LogP contribution in [0, 0.1) is 0 Å². The molecule has 0 spiro atoms. The van der Waals surface area contributed by atoms with Crippen molar-refractivity contribution in [2.45, 2.75) is 26.3 Å². The van der Waals surface area contributed by atoms with Crippen LogP contribution >= 0.6 is 0 Å². The quantitative estimate of drug-likeness (QED) is 0.770. The van der Waals surface area contributed by atoms with Crippen LogP contribution in [-0.4, -0.2) is 35.7 Å². The number of aliphatic hydroxyl groups is 1. The highest BCUT2D eigenvalue weighted by Gasteiger charge is 2.14. The number of rotatable bonds is 6. The molecular weight excluding hydrogens is 186 g/mol. The van der Waals surface area contributed by atoms with Crippen molar-refractivity contribution in [1.82, 2.24) is 4.90 Å². The van der Waals surface area contributed by atoms with Gasteiger partial charge in [-0.1, -0.05) is 44.2 Å². The maximum absolute atomic E-state index is 9.38. The molecule has 1 unspecified atom stereocenters. The van der Waals surface area contributed by atoms with Crippen molar-refractivity contribution < 1.29 is 5.11 Å². The minimum atomic E-state index is 0.233. The highest BCUT2D eigenvalue weighted by Crippen LogP contribution is 2.08. The van der Waals surface area contributed by atoms with Crippen molar-refractivity contribution in [3.63, 3.8) is 0 Å². The zero-order valence-corrected chi connectivity index (χ0v) is 9.69. The molecule has 84 valence electrons. The summed E-state index contributed by atoms with van der Waals surface area (Å²) in [6.07, 6.45) is 0.930. The Kier molecular flexibility index (Phi) is 5.37. The molecule has 0 fully saturated rings. The van der Waals surface area contributed by atoms with Gasteiger partial charge in [-0.25, -0.2) is 0 Å². The predicted octanol–water partition coefficient (Wildman–Crippen LogP) is 1.93. The van der Waals surface area contributed by atoms with Gasteiger partial charge in [-0.15, -0.1) is 0 Å². The second-order valence-electron chi connectivity index (χ2n) is 3.75. The van der Waals surface area contributed by atoms with Crippen molar-refractivity contribution in [3.05, 3.63) is 35.9 Å². The lowest BCUT2D eigenvalue weighted by Crippen LogP contribution is -2.39. The molecule has 1 rings (SSSR count). The number of nitrogens with zero attached hydrogens (tertiary/aromatic N) is 1. The summed E-state index contributed by atoms with van der Waals surface area (Å²) in [6, 6.07) is 10.6. The Morgan fingerprint density at radius 3 is 2.20 bits per heavy atom. The average Bonchev–Trinajstić information content (AvgIpc) is 2.30. The first-order chi connectivity index (χ1) is 7.31. The molecule has 1 aromatic rings. The Morgan fingerprint density at radius 1 is 1.13 bits per heavy atom. The highest BCUT2D eigenvalue weighted by molar-refractivity contribution is 5.15. The first-order valence-electron chi connectivity index (χ1n) is 5.70. The fourth-order valence-corrected chi connectivity index (χ4v) is 1.94. The van der Waals surface area contributed by atoms with Crippen LogP contribution in [0.1, 0.15) is 19.4 Å². The molecule has 0 bridgehead atoms. The SMILES string of the molecule is CCN(CC)C(CO)Cc1ccccc1. The van der Waals surface area contributed by atoms with Crippen LogP contribution in [0.2, 0.25) is 0 Å². The first-order valence-corrected chi connectivity index (χ1v) is 5.70. The zero-order valence-electron chi connectivity index (χ0n) is 9.69. The molecular formula is C13H21NO. The van der Waals surface area contributed by atoms with Crippen LogP contribution < -0.4 is 0 Å². The van der Waals surface area contributed by atoms with Gasteiger partial charge >= 0.3 is 0 Å². The standard InChI is InChI=1S/C13H21NO/c1-3-14(4-2)13(11-15)10-12-8-6-5-7-9-12/h5-9,13,15H,3-4,10-11H2,1-2H3. The van der Waals surface area contributed by atoms with Gasteiger partial charge in [0, 0.05) is 6.04 Å². The normalized spacial score (nSPS) is 13.1. The molecule has 1 aromatic carbocycles. The predicted molar refractivity (Wildman–Crippen MR) is 63.9 cm³/mol. The molecule has 0 heterocycles. The van der Waals surface area contributed by atoms with E-state index < -0.39 is 0 Å². The molecule has 1 N–H and O–H groups in total. The van der Waals surface area contributed by atoms with E-state index in [4.69, 9.17) is 0 Å². The molecule has 0 radical (unpaired) electrons. The van der Waals surface area contributed by atoms with Crippen molar-refractivity contribution in [2.24, 2.45) is 0 Å². The molecule has 0 saturated heterocycles. The molecule has 0 amide bonds. The van der Waals surface area contributed by atoms with Gasteiger partial charge in [-0.05, 0) is 25.1 Å². The van der Waals surface area contributed by atoms with Gasteiger partial charge in [-0.3, -0.25) is 4.90 Å². The van der Waals surface area contributed by atoms with E-state index >= 15 is 0 Å². The van der Waals surface area contributed by atoms with Gasteiger partial charge in [0.15, 0.2) is 0 Å². The lowest BCUT2D eigenvalue weighted by Gasteiger charge is -2.28. The van der Waals surface area contributed by atoms with Crippen molar-refractivity contribution in [2.75, 3.05) is 19.7 Å². The fourth-order valence-electron chi connectivity index (χ4n) is 1.94. The van der Waals surface area contributed by atoms with Crippen LogP contribution in [0.3, 0.4) is 0 Å². The fraction of sp³-hybridized carbons (Fsp3) is 0.538. The summed E-state index contributed by atoms with van der Waals surface area (Å²) in [5.74, 6) is 0. The maximum Gasteiger partial charge on any atom is 0.0590 e. The molecule has 15 heavy (non-hydrogen) atoms. The number of hydrogen-bond donors (Lipinski definition) is 1. The third kappa shape index (κ3) is 3.65. The van der Waals surface area contributed by atoms with Gasteiger partial charge < -0.3 is 5.11 Å². The molecule has 2 nitrogen and oxygen atoms in total. The number of likely N-dealkylation sites (N-methyl/N-ethyl adjacent to an activating group) is 1. The van der Waals surface area contributed by atoms with Gasteiger partial charge in [0.25, 0.3) is 0 Å². The van der Waals surface area contributed by atoms with Gasteiger partial charge in [-0.2, -0.15) is 0 Å². The maximum atomic E-state index is 9.38. The third-order valence-electron chi connectivity index (χ3n) is 2.85. The van der Waals surface area contributed by atoms with Crippen molar-refractivity contribution in [1.29, 1.82) is 0 Å². The van der Waals surface area contributed by atoms with Crippen LogP contribution in [0.25, 0.3) is 0 Å². The smallest absolute Gasteiger partial charge is 0.0590 e. The number of benzene rings is 1. The molecule has 0 saturated carbocycles. The molecule has 0 aliphatic rings. The lowest BCUT2D eigenvalue weighted by molar-refractivity contribution is 0.133. The van der Waals surface area contributed by atoms with E-state index in [9.17, 15) is 5.11 Å². The van der Waals surface area contributed by atoms with E-state index in [2.05, 4.69) is 30.9 Å². The van der Waals surface area contributed by atoms with Crippen molar-refractivity contribution in [3.8, 4) is 0 Å². The lowest BCUT2D eigenvalue weighted by atomic mass is 10.1. The van der Waals surface area contributed by atoms with Crippen molar-refractivity contribution >= 4 is 0 Å². The van der Waals surface area contributed by atoms with Crippen LogP contribution in [-0.2, 0) is 6.42 Å². The average molecular weight is 207 g/mol. The van der Waals surface area contributed by atoms with E-state index in [0.717, 1.165) is 19.5 Å². The summed E-state index contributed by atoms with van der Waals surface area (Å²) in [4.78, 5) is 2.30. The van der Waals surface area contributed by atoms with Gasteiger partial charge in [0.2, 0.25) is 0 Å². The van der Waals surface area contributed by atoms with E-state index in [1.807, 2.05) is 18.2 Å². The monoisotopic (exact) mass is 207 g/mol. The summed E-state index contributed by atoms with van der Waals surface area (Å²) < 4.78 is 0. The summed E-state index contributed by atoms with van der Waals surface area (Å²) in [7, 11) is 0. The molecule has 0 aromatic heterocycles. The van der Waals surface area contributed by atoms with Crippen LogP contribution in [0.4, 0.5) is 0 Å². The Morgan fingerprint density at radius 2 is 1.73 bits per heavy atom. The molecule has 0 aliphatic carbocycles. The number of aliphatic hydroxyl groups excluding tert-OH is 1. The van der Waals surface area contributed by atoms with E-state index in [1.165, 1.54) is 5.56 Å². The van der Waals surface area contributed by atoms with Gasteiger partial charge in [0.1, 0.15) is 0 Å². The molecule has 1 atom stereocenters. The van der Waals surface area contributed by atoms with E-state index in [0.29, 0.717) is 0 Å². The van der Waals surface area contributed by atoms with E-state index in [1.54, 1.807) is 0 Å². The topological polar surface area (TPSA) is 23.5 Å². The second kappa shape index (κ2) is 6.59. The third-order valence-corrected chi connectivity index (χ3v) is 2.85. The summed E-state index contributed by atoms with van der Waals surface area (Å²) in [5.41, 5.74) is 1.29. The minimum Gasteiger partial charge on any atom is -0.395 e. The number of hydrogen-bond acceptors (Lipinski definition) is 2. The summed E-state index contributed by atoms with van der Waals surface area (Å²) >= 11 is 0. The molecule has 2 heteroatoms. The largest absolute Gasteiger partial charge is 0.395 e. The minimum absolute atomic E-state index is 0.233. The van der Waals surface area contributed by atoms with E-state index in [-0.39, 0.29) is 12.6 Å². The molecule has 0 aliphatic heterocycles. The summed E-state index contributed by atoms with van der Waals surface area (Å²) in [6.45, 7) is 6.49. The Labute approximate surface area is 92.5 Å². The second-order valence-corrected chi connectivity index (χ2v) is 3.75. The van der Waals surface area contributed by atoms with Crippen LogP contribution in [0.5, 0.6) is 0 Å². The van der Waals surface area contributed by atoms with Gasteiger partial charge in [0.05, 0.1) is 6.61 Å². The first kappa shape index (κ1) is 12.2. The summed E-state index contributed by atoms with van der Waals surface area (Å²) in [5, 5.41) is 9.38.